The summed E-state index contributed by atoms with van der Waals surface area (Å²) in [5, 5.41) is 18.5. The van der Waals surface area contributed by atoms with Crippen molar-refractivity contribution in [2.45, 2.75) is 6.04 Å². The van der Waals surface area contributed by atoms with Gasteiger partial charge in [-0.3, -0.25) is 4.79 Å². The zero-order chi connectivity index (χ0) is 13.2. The number of esters is 1. The molecule has 1 aromatic carbocycles. The summed E-state index contributed by atoms with van der Waals surface area (Å²) < 4.78 is 4.57. The van der Waals surface area contributed by atoms with E-state index in [1.807, 2.05) is 0 Å². The van der Waals surface area contributed by atoms with Crippen LogP contribution in [0.1, 0.15) is 22.0 Å². The fourth-order valence-electron chi connectivity index (χ4n) is 1.23. The van der Waals surface area contributed by atoms with Gasteiger partial charge in [-0.05, 0) is 28.1 Å². The fraction of sp³-hybridized carbons (Fsp3) is 0.200. The number of carbonyl (C=O) groups excluding carboxylic acids is 1. The number of carboxylic acid groups (broad SMARTS) is 1. The number of rotatable bonds is 3. The molecule has 0 amide bonds. The van der Waals surface area contributed by atoms with Gasteiger partial charge >= 0.3 is 11.9 Å². The lowest BCUT2D eigenvalue weighted by molar-refractivity contribution is -0.142. The summed E-state index contributed by atoms with van der Waals surface area (Å²) in [6, 6.07) is 1.10. The number of hydrogen-bond donors (Lipinski definition) is 3. The second-order valence-electron chi connectivity index (χ2n) is 3.20. The van der Waals surface area contributed by atoms with Gasteiger partial charge in [0.2, 0.25) is 0 Å². The Morgan fingerprint density at radius 2 is 2.06 bits per heavy atom. The first kappa shape index (κ1) is 13.5. The number of ether oxygens (including phenoxy) is 1. The van der Waals surface area contributed by atoms with E-state index in [2.05, 4.69) is 20.7 Å². The van der Waals surface area contributed by atoms with Gasteiger partial charge in [-0.1, -0.05) is 0 Å². The van der Waals surface area contributed by atoms with Gasteiger partial charge in [0.1, 0.15) is 11.8 Å². The van der Waals surface area contributed by atoms with Crippen LogP contribution in [-0.2, 0) is 9.53 Å². The predicted molar refractivity (Wildman–Crippen MR) is 61.7 cm³/mol. The number of halogens is 1. The first-order valence-electron chi connectivity index (χ1n) is 4.47. The molecule has 0 aliphatic heterocycles. The van der Waals surface area contributed by atoms with E-state index < -0.39 is 18.0 Å². The number of carbonyl (C=O) groups is 2. The van der Waals surface area contributed by atoms with Crippen molar-refractivity contribution in [2.24, 2.45) is 5.73 Å². The fourth-order valence-corrected chi connectivity index (χ4v) is 1.71. The topological polar surface area (TPSA) is 110 Å². The van der Waals surface area contributed by atoms with Crippen molar-refractivity contribution in [3.8, 4) is 5.75 Å². The Morgan fingerprint density at radius 3 is 2.53 bits per heavy atom. The average molecular weight is 304 g/mol. The largest absolute Gasteiger partial charge is 0.506 e. The van der Waals surface area contributed by atoms with Gasteiger partial charge in [-0.25, -0.2) is 4.79 Å². The molecule has 17 heavy (non-hydrogen) atoms. The lowest BCUT2D eigenvalue weighted by Gasteiger charge is -2.13. The second-order valence-corrected chi connectivity index (χ2v) is 4.06. The summed E-state index contributed by atoms with van der Waals surface area (Å²) in [5.74, 6) is -2.24. The second kappa shape index (κ2) is 5.15. The number of hydrogen-bond acceptors (Lipinski definition) is 5. The number of nitrogens with two attached hydrogens (primary N) is 1. The van der Waals surface area contributed by atoms with Crippen LogP contribution in [0.25, 0.3) is 0 Å². The Balaban J connectivity index is 3.31. The zero-order valence-corrected chi connectivity index (χ0v) is 10.4. The molecule has 0 spiro atoms. The Bertz CT molecular complexity index is 474. The molecule has 92 valence electrons. The number of benzene rings is 1. The van der Waals surface area contributed by atoms with Gasteiger partial charge in [-0.15, -0.1) is 0 Å². The molecule has 1 atom stereocenters. The summed E-state index contributed by atoms with van der Waals surface area (Å²) >= 11 is 2.98. The van der Waals surface area contributed by atoms with Crippen LogP contribution >= 0.6 is 15.9 Å². The van der Waals surface area contributed by atoms with E-state index >= 15 is 0 Å². The molecule has 0 radical (unpaired) electrons. The summed E-state index contributed by atoms with van der Waals surface area (Å²) in [6.45, 7) is 0. The summed E-state index contributed by atoms with van der Waals surface area (Å²) in [5.41, 5.74) is 5.44. The lowest BCUT2D eigenvalue weighted by atomic mass is 10.0. The molecule has 0 aliphatic rings. The normalized spacial score (nSPS) is 11.9. The van der Waals surface area contributed by atoms with Crippen LogP contribution in [-0.4, -0.2) is 29.3 Å². The van der Waals surface area contributed by atoms with E-state index in [0.29, 0.717) is 0 Å². The van der Waals surface area contributed by atoms with Crippen LogP contribution in [0.4, 0.5) is 0 Å². The quantitative estimate of drug-likeness (QED) is 0.719. The van der Waals surface area contributed by atoms with Gasteiger partial charge in [0.05, 0.1) is 17.1 Å². The van der Waals surface area contributed by atoms with E-state index in [1.165, 1.54) is 6.07 Å². The highest BCUT2D eigenvalue weighted by Gasteiger charge is 2.23. The Morgan fingerprint density at radius 1 is 1.47 bits per heavy atom. The van der Waals surface area contributed by atoms with Crippen molar-refractivity contribution in [1.29, 1.82) is 0 Å². The first-order valence-corrected chi connectivity index (χ1v) is 5.27. The smallest absolute Gasteiger partial charge is 0.335 e. The molecular formula is C10H10BrNO5. The molecular weight excluding hydrogens is 294 g/mol. The van der Waals surface area contributed by atoms with Crippen LogP contribution < -0.4 is 5.73 Å². The SMILES string of the molecule is COC(=O)[C@H](N)c1cc(C(=O)O)cc(Br)c1O. The number of phenolic OH excluding ortho intramolecular Hbond substituents is 1. The maximum atomic E-state index is 11.2. The maximum Gasteiger partial charge on any atom is 0.335 e. The standard InChI is InChI=1S/C10H10BrNO5/c1-17-10(16)7(12)5-2-4(9(14)15)3-6(11)8(5)13/h2-3,7,13H,12H2,1H3,(H,14,15)/t7-/m1/s1. The van der Waals surface area contributed by atoms with Crippen molar-refractivity contribution < 1.29 is 24.5 Å². The van der Waals surface area contributed by atoms with Crippen LogP contribution in [0, 0.1) is 0 Å². The van der Waals surface area contributed by atoms with Crippen molar-refractivity contribution in [1.82, 2.24) is 0 Å². The Labute approximate surface area is 105 Å². The van der Waals surface area contributed by atoms with Crippen LogP contribution in [0.5, 0.6) is 5.75 Å². The number of aromatic hydroxyl groups is 1. The highest BCUT2D eigenvalue weighted by Crippen LogP contribution is 2.33. The third-order valence-corrected chi connectivity index (χ3v) is 2.73. The Hall–Kier alpha value is -1.60. The predicted octanol–water partition coefficient (Wildman–Crippen LogP) is 1.03. The molecule has 0 heterocycles. The molecule has 0 unspecified atom stereocenters. The summed E-state index contributed by atoms with van der Waals surface area (Å²) in [6.07, 6.45) is 0. The first-order chi connectivity index (χ1) is 7.88. The molecule has 0 aromatic heterocycles. The minimum atomic E-state index is -1.24. The van der Waals surface area contributed by atoms with E-state index in [9.17, 15) is 14.7 Å². The molecule has 0 saturated carbocycles. The highest BCUT2D eigenvalue weighted by atomic mass is 79.9. The molecule has 0 bridgehead atoms. The van der Waals surface area contributed by atoms with E-state index in [-0.39, 0.29) is 21.3 Å². The monoisotopic (exact) mass is 303 g/mol. The van der Waals surface area contributed by atoms with Crippen LogP contribution in [0.2, 0.25) is 0 Å². The Kier molecular flexibility index (Phi) is 4.08. The minimum Gasteiger partial charge on any atom is -0.506 e. The van der Waals surface area contributed by atoms with Gasteiger partial charge in [0.25, 0.3) is 0 Å². The number of methoxy groups -OCH3 is 1. The zero-order valence-electron chi connectivity index (χ0n) is 8.81. The van der Waals surface area contributed by atoms with Crippen molar-refractivity contribution in [3.63, 3.8) is 0 Å². The van der Waals surface area contributed by atoms with Gasteiger partial charge in [-0.2, -0.15) is 0 Å². The van der Waals surface area contributed by atoms with Crippen molar-refractivity contribution in [2.75, 3.05) is 7.11 Å². The molecule has 0 aliphatic carbocycles. The van der Waals surface area contributed by atoms with Crippen molar-refractivity contribution >= 4 is 27.9 Å². The van der Waals surface area contributed by atoms with Gasteiger partial charge in [0.15, 0.2) is 0 Å². The van der Waals surface area contributed by atoms with Crippen LogP contribution in [0.15, 0.2) is 16.6 Å². The maximum absolute atomic E-state index is 11.2. The van der Waals surface area contributed by atoms with E-state index in [0.717, 1.165) is 13.2 Å². The highest BCUT2D eigenvalue weighted by molar-refractivity contribution is 9.10. The van der Waals surface area contributed by atoms with E-state index in [4.69, 9.17) is 10.8 Å². The van der Waals surface area contributed by atoms with Gasteiger partial charge < -0.3 is 20.7 Å². The summed E-state index contributed by atoms with van der Waals surface area (Å²) in [7, 11) is 1.15. The summed E-state index contributed by atoms with van der Waals surface area (Å²) in [4.78, 5) is 22.1. The molecule has 6 nitrogen and oxygen atoms in total. The molecule has 4 N–H and O–H groups in total. The molecule has 1 aromatic rings. The molecule has 7 heteroatoms. The number of carboxylic acids is 1. The third kappa shape index (κ3) is 2.75. The molecule has 1 rings (SSSR count). The third-order valence-electron chi connectivity index (χ3n) is 2.13. The lowest BCUT2D eigenvalue weighted by Crippen LogP contribution is -2.23. The number of phenols is 1. The average Bonchev–Trinajstić information content (AvgIpc) is 2.30. The number of aromatic carboxylic acids is 1. The van der Waals surface area contributed by atoms with Crippen molar-refractivity contribution in [3.05, 3.63) is 27.7 Å². The van der Waals surface area contributed by atoms with Gasteiger partial charge in [0, 0.05) is 5.56 Å². The molecule has 0 saturated heterocycles. The van der Waals surface area contributed by atoms with E-state index in [1.54, 1.807) is 0 Å². The minimum absolute atomic E-state index is 0.0105. The molecule has 0 fully saturated rings. The van der Waals surface area contributed by atoms with Crippen LogP contribution in [0.3, 0.4) is 0 Å².